The first-order valence-electron chi connectivity index (χ1n) is 7.79. The fraction of sp³-hybridized carbons (Fsp3) is 0.294. The van der Waals surface area contributed by atoms with Crippen LogP contribution in [0.1, 0.15) is 28.6 Å². The summed E-state index contributed by atoms with van der Waals surface area (Å²) in [5.74, 6) is 0.831. The monoisotopic (exact) mass is 306 g/mol. The number of pyridine rings is 1. The van der Waals surface area contributed by atoms with E-state index in [0.717, 1.165) is 59.3 Å². The topological polar surface area (TPSA) is 68.0 Å². The molecular formula is C17H18N6. The molecule has 0 saturated heterocycles. The van der Waals surface area contributed by atoms with E-state index in [1.54, 1.807) is 0 Å². The van der Waals surface area contributed by atoms with Crippen LogP contribution in [-0.4, -0.2) is 31.1 Å². The van der Waals surface area contributed by atoms with E-state index in [1.165, 1.54) is 0 Å². The first kappa shape index (κ1) is 13.9. The lowest BCUT2D eigenvalue weighted by Crippen LogP contribution is -2.07. The van der Waals surface area contributed by atoms with Crippen LogP contribution in [0.3, 0.4) is 0 Å². The first-order valence-corrected chi connectivity index (χ1v) is 7.79. The molecule has 4 heterocycles. The zero-order chi connectivity index (χ0) is 15.8. The highest BCUT2D eigenvalue weighted by Gasteiger charge is 2.10. The van der Waals surface area contributed by atoms with Gasteiger partial charge in [-0.2, -0.15) is 5.10 Å². The zero-order valence-electron chi connectivity index (χ0n) is 13.2. The minimum Gasteiger partial charge on any atom is -0.380 e. The molecule has 1 aliphatic heterocycles. The van der Waals surface area contributed by atoms with Crippen molar-refractivity contribution in [1.82, 2.24) is 24.6 Å². The lowest BCUT2D eigenvalue weighted by atomic mass is 10.1. The molecule has 4 rings (SSSR count). The summed E-state index contributed by atoms with van der Waals surface area (Å²) in [7, 11) is 0. The summed E-state index contributed by atoms with van der Waals surface area (Å²) in [5.41, 5.74) is 5.89. The van der Waals surface area contributed by atoms with E-state index in [4.69, 9.17) is 4.98 Å². The fourth-order valence-electron chi connectivity index (χ4n) is 2.76. The minimum absolute atomic E-state index is 0.767. The van der Waals surface area contributed by atoms with Gasteiger partial charge in [0.05, 0.1) is 22.8 Å². The number of anilines is 1. The van der Waals surface area contributed by atoms with Gasteiger partial charge in [0.2, 0.25) is 0 Å². The second-order valence-corrected chi connectivity index (χ2v) is 5.77. The van der Waals surface area contributed by atoms with Gasteiger partial charge in [0, 0.05) is 24.9 Å². The molecule has 23 heavy (non-hydrogen) atoms. The Balaban J connectivity index is 1.57. The summed E-state index contributed by atoms with van der Waals surface area (Å²) in [4.78, 5) is 13.6. The van der Waals surface area contributed by atoms with Crippen LogP contribution >= 0.6 is 0 Å². The van der Waals surface area contributed by atoms with Crippen molar-refractivity contribution in [2.45, 2.75) is 26.7 Å². The Morgan fingerprint density at radius 2 is 2.09 bits per heavy atom. The summed E-state index contributed by atoms with van der Waals surface area (Å²) in [6, 6.07) is 4.16. The zero-order valence-corrected chi connectivity index (χ0v) is 13.2. The maximum absolute atomic E-state index is 4.69. The number of rotatable bonds is 3. The third kappa shape index (κ3) is 2.56. The minimum atomic E-state index is 0.767. The predicted octanol–water partition coefficient (Wildman–Crippen LogP) is 2.36. The molecule has 1 N–H and O–H groups in total. The van der Waals surface area contributed by atoms with Crippen LogP contribution in [0.15, 0.2) is 24.4 Å². The third-order valence-electron chi connectivity index (χ3n) is 4.03. The molecule has 0 aromatic carbocycles. The van der Waals surface area contributed by atoms with Gasteiger partial charge in [-0.15, -0.1) is 0 Å². The Hall–Kier alpha value is -2.76. The molecule has 0 bridgehead atoms. The van der Waals surface area contributed by atoms with Gasteiger partial charge in [-0.1, -0.05) is 6.08 Å². The molecule has 0 unspecified atom stereocenters. The maximum Gasteiger partial charge on any atom is 0.177 e. The number of nitrogens with one attached hydrogen (secondary N) is 1. The van der Waals surface area contributed by atoms with Gasteiger partial charge < -0.3 is 5.32 Å². The molecule has 0 spiro atoms. The van der Waals surface area contributed by atoms with Crippen molar-refractivity contribution in [2.75, 3.05) is 11.9 Å². The second-order valence-electron chi connectivity index (χ2n) is 5.77. The number of aryl methyl sites for hydroxylation is 4. The van der Waals surface area contributed by atoms with Gasteiger partial charge in [0.25, 0.3) is 0 Å². The van der Waals surface area contributed by atoms with Crippen molar-refractivity contribution >= 4 is 17.4 Å². The van der Waals surface area contributed by atoms with Crippen LogP contribution in [0.25, 0.3) is 11.7 Å². The fourth-order valence-corrected chi connectivity index (χ4v) is 2.76. The van der Waals surface area contributed by atoms with Gasteiger partial charge >= 0.3 is 0 Å². The summed E-state index contributed by atoms with van der Waals surface area (Å²) in [6.07, 6.45) is 7.57. The molecule has 1 aliphatic rings. The van der Waals surface area contributed by atoms with Crippen molar-refractivity contribution in [3.05, 3.63) is 53.0 Å². The van der Waals surface area contributed by atoms with Crippen molar-refractivity contribution in [3.8, 4) is 0 Å². The molecule has 0 saturated carbocycles. The van der Waals surface area contributed by atoms with Crippen LogP contribution in [0.5, 0.6) is 0 Å². The van der Waals surface area contributed by atoms with Crippen LogP contribution in [0.4, 0.5) is 5.69 Å². The van der Waals surface area contributed by atoms with Gasteiger partial charge in [-0.05, 0) is 38.5 Å². The van der Waals surface area contributed by atoms with E-state index < -0.39 is 0 Å². The lowest BCUT2D eigenvalue weighted by Gasteiger charge is -2.12. The number of fused-ring (bicyclic) bond motifs is 2. The number of hydrogen-bond donors (Lipinski definition) is 1. The highest BCUT2D eigenvalue weighted by Crippen LogP contribution is 2.19. The Labute approximate surface area is 134 Å². The molecule has 6 heteroatoms. The molecular weight excluding hydrogens is 288 g/mol. The molecule has 0 atom stereocenters. The third-order valence-corrected chi connectivity index (χ3v) is 4.03. The quantitative estimate of drug-likeness (QED) is 0.804. The van der Waals surface area contributed by atoms with Crippen molar-refractivity contribution in [1.29, 1.82) is 0 Å². The summed E-state index contributed by atoms with van der Waals surface area (Å²) in [5, 5.41) is 7.90. The molecule has 116 valence electrons. The highest BCUT2D eigenvalue weighted by atomic mass is 15.3. The van der Waals surface area contributed by atoms with E-state index in [9.17, 15) is 0 Å². The number of aromatic nitrogens is 5. The summed E-state index contributed by atoms with van der Waals surface area (Å²) >= 11 is 0. The standard InChI is InChI=1S/C17H18N6/c1-11-10-19-12(2)17-21-16(22-23(11)17)8-6-13-5-7-14-15(20-13)4-3-9-18-14/h3-5,7,10,18H,6,8-9H2,1-2H3. The molecule has 0 fully saturated rings. The van der Waals surface area contributed by atoms with Crippen LogP contribution in [0, 0.1) is 13.8 Å². The lowest BCUT2D eigenvalue weighted by molar-refractivity contribution is 0.805. The molecule has 3 aromatic rings. The maximum atomic E-state index is 4.69. The van der Waals surface area contributed by atoms with Crippen molar-refractivity contribution in [3.63, 3.8) is 0 Å². The van der Waals surface area contributed by atoms with Crippen LogP contribution in [0.2, 0.25) is 0 Å². The number of nitrogens with zero attached hydrogens (tertiary/aromatic N) is 5. The Morgan fingerprint density at radius 3 is 2.96 bits per heavy atom. The average Bonchev–Trinajstić information content (AvgIpc) is 3.02. The van der Waals surface area contributed by atoms with Gasteiger partial charge in [-0.3, -0.25) is 9.97 Å². The largest absolute Gasteiger partial charge is 0.380 e. The van der Waals surface area contributed by atoms with Crippen molar-refractivity contribution < 1.29 is 0 Å². The van der Waals surface area contributed by atoms with Crippen LogP contribution < -0.4 is 5.32 Å². The Bertz CT molecular complexity index is 870. The predicted molar refractivity (Wildman–Crippen MR) is 89.4 cm³/mol. The van der Waals surface area contributed by atoms with E-state index in [0.29, 0.717) is 0 Å². The van der Waals surface area contributed by atoms with Gasteiger partial charge in [0.15, 0.2) is 11.5 Å². The van der Waals surface area contributed by atoms with E-state index >= 15 is 0 Å². The van der Waals surface area contributed by atoms with Gasteiger partial charge in [0.1, 0.15) is 0 Å². The molecule has 3 aromatic heterocycles. The summed E-state index contributed by atoms with van der Waals surface area (Å²) in [6.45, 7) is 4.81. The Morgan fingerprint density at radius 1 is 1.17 bits per heavy atom. The first-order chi connectivity index (χ1) is 11.2. The van der Waals surface area contributed by atoms with E-state index in [-0.39, 0.29) is 0 Å². The Kier molecular flexibility index (Phi) is 3.29. The molecule has 0 amide bonds. The van der Waals surface area contributed by atoms with Gasteiger partial charge in [-0.25, -0.2) is 9.50 Å². The molecule has 0 radical (unpaired) electrons. The van der Waals surface area contributed by atoms with E-state index in [1.807, 2.05) is 24.6 Å². The van der Waals surface area contributed by atoms with Crippen molar-refractivity contribution in [2.24, 2.45) is 0 Å². The highest BCUT2D eigenvalue weighted by molar-refractivity contribution is 5.66. The number of hydrogen-bond acceptors (Lipinski definition) is 5. The summed E-state index contributed by atoms with van der Waals surface area (Å²) < 4.78 is 1.87. The molecule has 6 nitrogen and oxygen atoms in total. The van der Waals surface area contributed by atoms with E-state index in [2.05, 4.69) is 44.7 Å². The average molecular weight is 306 g/mol. The second kappa shape index (κ2) is 5.46. The SMILES string of the molecule is Cc1ncc(C)n2nc(CCc3ccc4c(n3)C=CCN4)nc12. The van der Waals surface area contributed by atoms with Crippen LogP contribution in [-0.2, 0) is 12.8 Å². The normalized spacial score (nSPS) is 13.1. The smallest absolute Gasteiger partial charge is 0.177 e. The molecule has 0 aliphatic carbocycles.